The summed E-state index contributed by atoms with van der Waals surface area (Å²) >= 11 is 0. The van der Waals surface area contributed by atoms with Gasteiger partial charge in [-0.3, -0.25) is 4.57 Å². The molecular weight excluding hydrogens is 621 g/mol. The molecule has 0 aliphatic carbocycles. The zero-order valence-electron chi connectivity index (χ0n) is 27.6. The third-order valence-electron chi connectivity index (χ3n) is 9.79. The lowest BCUT2D eigenvalue weighted by atomic mass is 9.99. The van der Waals surface area contributed by atoms with E-state index in [4.69, 9.17) is 15.0 Å². The maximum absolute atomic E-state index is 5.30. The average Bonchev–Trinajstić information content (AvgIpc) is 3.60. The number of para-hydroxylation sites is 2. The van der Waals surface area contributed by atoms with Crippen molar-refractivity contribution >= 4 is 43.4 Å². The molecule has 0 aliphatic rings. The van der Waals surface area contributed by atoms with E-state index in [1.807, 2.05) is 12.1 Å². The predicted molar refractivity (Wildman–Crippen MR) is 211 cm³/mol. The first kappa shape index (κ1) is 29.0. The zero-order valence-corrected chi connectivity index (χ0v) is 27.6. The van der Waals surface area contributed by atoms with Crippen LogP contribution < -0.4 is 0 Å². The third kappa shape index (κ3) is 5.04. The molecule has 0 fully saturated rings. The molecule has 10 rings (SSSR count). The van der Waals surface area contributed by atoms with Crippen molar-refractivity contribution in [1.29, 1.82) is 0 Å². The van der Waals surface area contributed by atoms with Crippen molar-refractivity contribution in [3.63, 3.8) is 0 Å². The van der Waals surface area contributed by atoms with E-state index >= 15 is 0 Å². The van der Waals surface area contributed by atoms with E-state index < -0.39 is 0 Å². The van der Waals surface area contributed by atoms with Crippen LogP contribution in [-0.2, 0) is 0 Å². The number of rotatable bonds is 5. The van der Waals surface area contributed by atoms with Crippen LogP contribution in [0.4, 0.5) is 0 Å². The van der Waals surface area contributed by atoms with Gasteiger partial charge in [0.2, 0.25) is 0 Å². The molecule has 0 aliphatic heterocycles. The molecule has 0 saturated heterocycles. The van der Waals surface area contributed by atoms with Gasteiger partial charge in [0, 0.05) is 27.6 Å². The molecule has 10 aromatic rings. The van der Waals surface area contributed by atoms with Crippen molar-refractivity contribution in [3.05, 3.63) is 182 Å². The van der Waals surface area contributed by atoms with E-state index in [1.165, 1.54) is 21.5 Å². The number of imidazole rings is 1. The quantitative estimate of drug-likeness (QED) is 0.186. The standard InChI is InChI=1S/C47H30N4/c1-2-14-33(15-3-1)47-50-41-20-10-11-21-45(41)51(47)44-27-26-40(38-18-8-9-19-39(38)44)46-48-42(36-24-22-31-12-4-6-16-34(31)28-36)30-43(49-46)37-25-23-32-13-5-7-17-35(32)29-37/h1-30H. The molecule has 4 nitrogen and oxygen atoms in total. The summed E-state index contributed by atoms with van der Waals surface area (Å²) in [5.41, 5.74) is 8.98. The fraction of sp³-hybridized carbons (Fsp3) is 0. The second-order valence-corrected chi connectivity index (χ2v) is 12.9. The predicted octanol–water partition coefficient (Wildman–Crippen LogP) is 11.9. The molecule has 0 saturated carbocycles. The van der Waals surface area contributed by atoms with Crippen molar-refractivity contribution in [1.82, 2.24) is 19.5 Å². The summed E-state index contributed by atoms with van der Waals surface area (Å²) in [6.07, 6.45) is 0. The Bertz CT molecular complexity index is 2830. The maximum Gasteiger partial charge on any atom is 0.161 e. The highest BCUT2D eigenvalue weighted by Gasteiger charge is 2.19. The van der Waals surface area contributed by atoms with Gasteiger partial charge in [-0.05, 0) is 69.4 Å². The topological polar surface area (TPSA) is 43.6 Å². The summed E-state index contributed by atoms with van der Waals surface area (Å²) < 4.78 is 2.28. The van der Waals surface area contributed by atoms with E-state index in [2.05, 4.69) is 174 Å². The summed E-state index contributed by atoms with van der Waals surface area (Å²) in [4.78, 5) is 15.7. The minimum atomic E-state index is 0.685. The van der Waals surface area contributed by atoms with Gasteiger partial charge in [-0.2, -0.15) is 0 Å². The first-order valence-corrected chi connectivity index (χ1v) is 17.2. The van der Waals surface area contributed by atoms with Crippen molar-refractivity contribution in [3.8, 4) is 51.0 Å². The zero-order chi connectivity index (χ0) is 33.7. The Labute approximate surface area is 295 Å². The molecule has 2 aromatic heterocycles. The van der Waals surface area contributed by atoms with Gasteiger partial charge in [-0.25, -0.2) is 15.0 Å². The average molecular weight is 651 g/mol. The lowest BCUT2D eigenvalue weighted by molar-refractivity contribution is 1.11. The first-order valence-electron chi connectivity index (χ1n) is 17.2. The number of aromatic nitrogens is 4. The van der Waals surface area contributed by atoms with Crippen LogP contribution in [0.3, 0.4) is 0 Å². The van der Waals surface area contributed by atoms with Gasteiger partial charge in [0.25, 0.3) is 0 Å². The number of benzene rings is 8. The van der Waals surface area contributed by atoms with Crippen LogP contribution in [0.5, 0.6) is 0 Å². The van der Waals surface area contributed by atoms with Gasteiger partial charge in [0.15, 0.2) is 5.82 Å². The first-order chi connectivity index (χ1) is 25.3. The molecule has 51 heavy (non-hydrogen) atoms. The maximum atomic E-state index is 5.30. The number of fused-ring (bicyclic) bond motifs is 4. The second-order valence-electron chi connectivity index (χ2n) is 12.9. The van der Waals surface area contributed by atoms with Gasteiger partial charge in [0.1, 0.15) is 5.82 Å². The molecule has 0 N–H and O–H groups in total. The molecule has 4 heteroatoms. The van der Waals surface area contributed by atoms with Crippen LogP contribution in [-0.4, -0.2) is 19.5 Å². The Kier molecular flexibility index (Phi) is 6.78. The molecule has 0 amide bonds. The van der Waals surface area contributed by atoms with Crippen LogP contribution in [0, 0.1) is 0 Å². The van der Waals surface area contributed by atoms with Crippen LogP contribution in [0.2, 0.25) is 0 Å². The van der Waals surface area contributed by atoms with Crippen LogP contribution in [0.1, 0.15) is 0 Å². The van der Waals surface area contributed by atoms with Gasteiger partial charge < -0.3 is 0 Å². The minimum absolute atomic E-state index is 0.685. The smallest absolute Gasteiger partial charge is 0.161 e. The Hall–Kier alpha value is -6.91. The fourth-order valence-electron chi connectivity index (χ4n) is 7.28. The molecule has 2 heterocycles. The van der Waals surface area contributed by atoms with E-state index in [1.54, 1.807) is 0 Å². The molecule has 8 aromatic carbocycles. The minimum Gasteiger partial charge on any atom is -0.292 e. The number of hydrogen-bond acceptors (Lipinski definition) is 3. The summed E-state index contributed by atoms with van der Waals surface area (Å²) in [6, 6.07) is 63.8. The highest BCUT2D eigenvalue weighted by atomic mass is 15.1. The number of hydrogen-bond donors (Lipinski definition) is 0. The van der Waals surface area contributed by atoms with Crippen molar-refractivity contribution in [2.24, 2.45) is 0 Å². The van der Waals surface area contributed by atoms with Crippen molar-refractivity contribution in [2.45, 2.75) is 0 Å². The highest BCUT2D eigenvalue weighted by molar-refractivity contribution is 6.02. The molecule has 0 atom stereocenters. The Morgan fingerprint density at radius 2 is 0.941 bits per heavy atom. The van der Waals surface area contributed by atoms with E-state index in [0.29, 0.717) is 5.82 Å². The SMILES string of the molecule is c1ccc(-c2nc3ccccc3n2-c2ccc(-c3nc(-c4ccc5ccccc5c4)cc(-c4ccc5ccccc5c4)n3)c3ccccc23)cc1. The normalized spacial score (nSPS) is 11.5. The Morgan fingerprint density at radius 3 is 1.63 bits per heavy atom. The largest absolute Gasteiger partial charge is 0.292 e. The monoisotopic (exact) mass is 650 g/mol. The molecule has 0 spiro atoms. The van der Waals surface area contributed by atoms with Crippen LogP contribution >= 0.6 is 0 Å². The van der Waals surface area contributed by atoms with Gasteiger partial charge in [0.05, 0.1) is 28.1 Å². The highest BCUT2D eigenvalue weighted by Crippen LogP contribution is 2.38. The summed E-state index contributed by atoms with van der Waals surface area (Å²) in [7, 11) is 0. The Morgan fingerprint density at radius 1 is 0.373 bits per heavy atom. The molecule has 0 unspecified atom stereocenters. The van der Waals surface area contributed by atoms with Crippen LogP contribution in [0.25, 0.3) is 94.3 Å². The van der Waals surface area contributed by atoms with Gasteiger partial charge in [-0.15, -0.1) is 0 Å². The van der Waals surface area contributed by atoms with Crippen molar-refractivity contribution < 1.29 is 0 Å². The molecular formula is C47H30N4. The molecule has 0 radical (unpaired) electrons. The van der Waals surface area contributed by atoms with E-state index in [9.17, 15) is 0 Å². The lowest BCUT2D eigenvalue weighted by Crippen LogP contribution is -2.01. The van der Waals surface area contributed by atoms with Gasteiger partial charge in [-0.1, -0.05) is 140 Å². The van der Waals surface area contributed by atoms with E-state index in [-0.39, 0.29) is 0 Å². The van der Waals surface area contributed by atoms with Gasteiger partial charge >= 0.3 is 0 Å². The number of nitrogens with zero attached hydrogens (tertiary/aromatic N) is 4. The van der Waals surface area contributed by atoms with Crippen LogP contribution in [0.15, 0.2) is 182 Å². The summed E-state index contributed by atoms with van der Waals surface area (Å²) in [5, 5.41) is 6.94. The third-order valence-corrected chi connectivity index (χ3v) is 9.79. The fourth-order valence-corrected chi connectivity index (χ4v) is 7.28. The molecule has 0 bridgehead atoms. The lowest BCUT2D eigenvalue weighted by Gasteiger charge is -2.16. The van der Waals surface area contributed by atoms with E-state index in [0.717, 1.165) is 67.0 Å². The summed E-state index contributed by atoms with van der Waals surface area (Å²) in [6.45, 7) is 0. The Balaban J connectivity index is 1.21. The second kappa shape index (κ2) is 11.9. The van der Waals surface area contributed by atoms with Crippen molar-refractivity contribution in [2.75, 3.05) is 0 Å². The summed E-state index contributed by atoms with van der Waals surface area (Å²) in [5.74, 6) is 1.59. The molecule has 238 valence electrons.